The fourth-order valence-electron chi connectivity index (χ4n) is 1.90. The van der Waals surface area contributed by atoms with Crippen molar-refractivity contribution in [3.63, 3.8) is 0 Å². The Bertz CT molecular complexity index is 294. The molecular weight excluding hydrogens is 176 g/mol. The van der Waals surface area contributed by atoms with Crippen LogP contribution in [0.4, 0.5) is 5.69 Å². The van der Waals surface area contributed by atoms with E-state index in [0.717, 1.165) is 26.2 Å². The van der Waals surface area contributed by atoms with Crippen LogP contribution in [-0.2, 0) is 7.05 Å². The minimum Gasteiger partial charge on any atom is -0.367 e. The zero-order valence-electron chi connectivity index (χ0n) is 8.90. The summed E-state index contributed by atoms with van der Waals surface area (Å²) in [7, 11) is 1.96. The van der Waals surface area contributed by atoms with Crippen LogP contribution in [0.25, 0.3) is 0 Å². The summed E-state index contributed by atoms with van der Waals surface area (Å²) in [6, 6.07) is 0. The Morgan fingerprint density at radius 2 is 2.43 bits per heavy atom. The second kappa shape index (κ2) is 4.00. The fraction of sp³-hybridized carbons (Fsp3) is 0.700. The molecule has 4 nitrogen and oxygen atoms in total. The lowest BCUT2D eigenvalue weighted by Crippen LogP contribution is -2.28. The van der Waals surface area contributed by atoms with Crippen LogP contribution in [0.3, 0.4) is 0 Å². The van der Waals surface area contributed by atoms with Crippen molar-refractivity contribution in [2.24, 2.45) is 13.0 Å². The van der Waals surface area contributed by atoms with Gasteiger partial charge in [-0.2, -0.15) is 5.10 Å². The number of aromatic nitrogens is 2. The Balaban J connectivity index is 2.08. The van der Waals surface area contributed by atoms with Gasteiger partial charge in [0.25, 0.3) is 0 Å². The summed E-state index contributed by atoms with van der Waals surface area (Å²) in [6.07, 6.45) is 4.02. The van der Waals surface area contributed by atoms with Crippen LogP contribution in [0, 0.1) is 5.92 Å². The van der Waals surface area contributed by atoms with E-state index in [1.165, 1.54) is 5.69 Å². The molecule has 1 aromatic rings. The zero-order valence-corrected chi connectivity index (χ0v) is 8.90. The molecule has 1 aliphatic heterocycles. The predicted molar refractivity (Wildman–Crippen MR) is 57.5 cm³/mol. The molecule has 78 valence electrons. The summed E-state index contributed by atoms with van der Waals surface area (Å²) in [5, 5.41) is 7.64. The van der Waals surface area contributed by atoms with Crippen LogP contribution in [-0.4, -0.2) is 36.0 Å². The standard InChI is InChI=1S/C10H18N4/c1-9-5-11-3-4-14(7-9)10-6-12-13(2)8-10/h6,8-9,11H,3-5,7H2,1-2H3. The largest absolute Gasteiger partial charge is 0.367 e. The van der Waals surface area contributed by atoms with Crippen molar-refractivity contribution in [3.8, 4) is 0 Å². The van der Waals surface area contributed by atoms with Gasteiger partial charge in [-0.3, -0.25) is 4.68 Å². The minimum absolute atomic E-state index is 0.706. The maximum absolute atomic E-state index is 4.20. The van der Waals surface area contributed by atoms with Crippen molar-refractivity contribution >= 4 is 5.69 Å². The number of rotatable bonds is 1. The van der Waals surface area contributed by atoms with Crippen molar-refractivity contribution in [2.45, 2.75) is 6.92 Å². The van der Waals surface area contributed by atoms with Gasteiger partial charge in [0.2, 0.25) is 0 Å². The number of anilines is 1. The van der Waals surface area contributed by atoms with Crippen molar-refractivity contribution in [1.29, 1.82) is 0 Å². The molecule has 1 aliphatic rings. The van der Waals surface area contributed by atoms with Crippen LogP contribution in [0.15, 0.2) is 12.4 Å². The van der Waals surface area contributed by atoms with E-state index >= 15 is 0 Å². The predicted octanol–water partition coefficient (Wildman–Crippen LogP) is 0.466. The van der Waals surface area contributed by atoms with Crippen molar-refractivity contribution in [3.05, 3.63) is 12.4 Å². The SMILES string of the molecule is CC1CNCCN(c2cnn(C)c2)C1. The topological polar surface area (TPSA) is 33.1 Å². The van der Waals surface area contributed by atoms with Crippen LogP contribution in [0.2, 0.25) is 0 Å². The van der Waals surface area contributed by atoms with E-state index in [1.54, 1.807) is 0 Å². The number of nitrogens with zero attached hydrogens (tertiary/aromatic N) is 3. The Kier molecular flexibility index (Phi) is 2.72. The minimum atomic E-state index is 0.706. The third-order valence-corrected chi connectivity index (χ3v) is 2.64. The first-order valence-corrected chi connectivity index (χ1v) is 5.20. The molecule has 0 amide bonds. The van der Waals surface area contributed by atoms with Gasteiger partial charge < -0.3 is 10.2 Å². The fourth-order valence-corrected chi connectivity index (χ4v) is 1.90. The summed E-state index contributed by atoms with van der Waals surface area (Å²) in [5.41, 5.74) is 1.24. The lowest BCUT2D eigenvalue weighted by atomic mass is 10.2. The molecule has 1 aromatic heterocycles. The highest BCUT2D eigenvalue weighted by Crippen LogP contribution is 2.14. The van der Waals surface area contributed by atoms with Gasteiger partial charge in [0.05, 0.1) is 11.9 Å². The van der Waals surface area contributed by atoms with E-state index in [0.29, 0.717) is 5.92 Å². The summed E-state index contributed by atoms with van der Waals surface area (Å²) < 4.78 is 1.86. The molecule has 2 heterocycles. The maximum Gasteiger partial charge on any atom is 0.0752 e. The van der Waals surface area contributed by atoms with Crippen LogP contribution >= 0.6 is 0 Å². The van der Waals surface area contributed by atoms with Crippen molar-refractivity contribution < 1.29 is 0 Å². The second-order valence-corrected chi connectivity index (χ2v) is 4.13. The van der Waals surface area contributed by atoms with Gasteiger partial charge in [-0.1, -0.05) is 6.92 Å². The Morgan fingerprint density at radius 3 is 3.14 bits per heavy atom. The van der Waals surface area contributed by atoms with Crippen LogP contribution in [0.5, 0.6) is 0 Å². The Hall–Kier alpha value is -1.03. The Labute approximate surface area is 84.9 Å². The molecule has 1 unspecified atom stereocenters. The molecule has 0 spiro atoms. The van der Waals surface area contributed by atoms with Gasteiger partial charge in [0.1, 0.15) is 0 Å². The lowest BCUT2D eigenvalue weighted by molar-refractivity contribution is 0.564. The lowest BCUT2D eigenvalue weighted by Gasteiger charge is -2.22. The van der Waals surface area contributed by atoms with Gasteiger partial charge in [-0.25, -0.2) is 0 Å². The van der Waals surface area contributed by atoms with E-state index in [9.17, 15) is 0 Å². The van der Waals surface area contributed by atoms with Gasteiger partial charge in [0.15, 0.2) is 0 Å². The highest BCUT2D eigenvalue weighted by Gasteiger charge is 2.15. The highest BCUT2D eigenvalue weighted by atomic mass is 15.3. The third kappa shape index (κ3) is 2.07. The van der Waals surface area contributed by atoms with Crippen LogP contribution < -0.4 is 10.2 Å². The summed E-state index contributed by atoms with van der Waals surface area (Å²) in [6.45, 7) is 6.67. The molecule has 1 fully saturated rings. The van der Waals surface area contributed by atoms with Gasteiger partial charge in [-0.15, -0.1) is 0 Å². The van der Waals surface area contributed by atoms with E-state index in [1.807, 2.05) is 17.9 Å². The molecule has 0 bridgehead atoms. The molecule has 1 saturated heterocycles. The second-order valence-electron chi connectivity index (χ2n) is 4.13. The van der Waals surface area contributed by atoms with E-state index in [-0.39, 0.29) is 0 Å². The molecule has 2 rings (SSSR count). The van der Waals surface area contributed by atoms with Crippen LogP contribution in [0.1, 0.15) is 6.92 Å². The first-order chi connectivity index (χ1) is 6.75. The average molecular weight is 194 g/mol. The molecular formula is C10H18N4. The molecule has 1 atom stereocenters. The number of hydrogen-bond acceptors (Lipinski definition) is 3. The maximum atomic E-state index is 4.20. The first kappa shape index (κ1) is 9.52. The molecule has 0 aliphatic carbocycles. The first-order valence-electron chi connectivity index (χ1n) is 5.20. The normalized spacial score (nSPS) is 23.6. The highest BCUT2D eigenvalue weighted by molar-refractivity contribution is 5.42. The quantitative estimate of drug-likeness (QED) is 0.705. The zero-order chi connectivity index (χ0) is 9.97. The summed E-state index contributed by atoms with van der Waals surface area (Å²) in [5.74, 6) is 0.706. The molecule has 4 heteroatoms. The molecule has 0 radical (unpaired) electrons. The smallest absolute Gasteiger partial charge is 0.0752 e. The van der Waals surface area contributed by atoms with Crippen molar-refractivity contribution in [2.75, 3.05) is 31.1 Å². The van der Waals surface area contributed by atoms with E-state index in [4.69, 9.17) is 0 Å². The third-order valence-electron chi connectivity index (χ3n) is 2.64. The number of hydrogen-bond donors (Lipinski definition) is 1. The summed E-state index contributed by atoms with van der Waals surface area (Å²) >= 11 is 0. The molecule has 0 aromatic carbocycles. The summed E-state index contributed by atoms with van der Waals surface area (Å²) in [4.78, 5) is 2.40. The monoisotopic (exact) mass is 194 g/mol. The molecule has 0 saturated carbocycles. The number of nitrogens with one attached hydrogen (secondary N) is 1. The Morgan fingerprint density at radius 1 is 1.57 bits per heavy atom. The van der Waals surface area contributed by atoms with Gasteiger partial charge in [-0.05, 0) is 12.5 Å². The van der Waals surface area contributed by atoms with Crippen molar-refractivity contribution in [1.82, 2.24) is 15.1 Å². The van der Waals surface area contributed by atoms with Gasteiger partial charge in [0, 0.05) is 32.9 Å². The number of aryl methyl sites for hydroxylation is 1. The molecule has 14 heavy (non-hydrogen) atoms. The van der Waals surface area contributed by atoms with E-state index in [2.05, 4.69) is 28.4 Å². The van der Waals surface area contributed by atoms with E-state index < -0.39 is 0 Å². The molecule has 1 N–H and O–H groups in total. The average Bonchev–Trinajstić information content (AvgIpc) is 2.45. The van der Waals surface area contributed by atoms with Gasteiger partial charge >= 0.3 is 0 Å².